The van der Waals surface area contributed by atoms with E-state index in [9.17, 15) is 9.18 Å². The van der Waals surface area contributed by atoms with E-state index in [0.29, 0.717) is 32.8 Å². The minimum atomic E-state index is -0.632. The highest BCUT2D eigenvalue weighted by Gasteiger charge is 2.14. The van der Waals surface area contributed by atoms with Gasteiger partial charge in [0.15, 0.2) is 0 Å². The predicted octanol–water partition coefficient (Wildman–Crippen LogP) is 3.90. The van der Waals surface area contributed by atoms with E-state index in [4.69, 9.17) is 16.0 Å². The van der Waals surface area contributed by atoms with E-state index >= 15 is 0 Å². The first kappa shape index (κ1) is 13.0. The van der Waals surface area contributed by atoms with Crippen molar-refractivity contribution in [1.82, 2.24) is 9.61 Å². The molecule has 2 aromatic carbocycles. The number of rotatable bonds is 1. The van der Waals surface area contributed by atoms with E-state index in [0.717, 1.165) is 4.52 Å². The molecule has 4 nitrogen and oxygen atoms in total. The van der Waals surface area contributed by atoms with Gasteiger partial charge >= 0.3 is 5.76 Å². The first-order valence-electron chi connectivity index (χ1n) is 6.50. The van der Waals surface area contributed by atoms with Gasteiger partial charge in [-0.2, -0.15) is 9.61 Å². The highest BCUT2D eigenvalue weighted by Crippen LogP contribution is 2.27. The molecular weight excluding hydrogens is 307 g/mol. The molecule has 0 N–H and O–H groups in total. The van der Waals surface area contributed by atoms with Crippen LogP contribution in [0.25, 0.3) is 27.7 Å². The Morgan fingerprint density at radius 1 is 1.14 bits per heavy atom. The maximum atomic E-state index is 13.9. The number of aromatic nitrogens is 2. The van der Waals surface area contributed by atoms with Gasteiger partial charge in [-0.1, -0.05) is 23.7 Å². The molecule has 0 aliphatic carbocycles. The second-order valence-corrected chi connectivity index (χ2v) is 5.25. The molecule has 0 aliphatic rings. The third kappa shape index (κ3) is 1.90. The molecule has 2 heterocycles. The third-order valence-corrected chi connectivity index (χ3v) is 3.68. The summed E-state index contributed by atoms with van der Waals surface area (Å²) in [5.41, 5.74) is 1.60. The molecule has 4 aromatic rings. The predicted molar refractivity (Wildman–Crippen MR) is 81.6 cm³/mol. The lowest BCUT2D eigenvalue weighted by atomic mass is 10.1. The van der Waals surface area contributed by atoms with Gasteiger partial charge in [-0.15, -0.1) is 0 Å². The van der Waals surface area contributed by atoms with Gasteiger partial charge in [0, 0.05) is 16.0 Å². The Labute approximate surface area is 128 Å². The van der Waals surface area contributed by atoms with E-state index in [2.05, 4.69) is 5.10 Å². The van der Waals surface area contributed by atoms with Gasteiger partial charge in [0.2, 0.25) is 0 Å². The minimum Gasteiger partial charge on any atom is -0.408 e. The first-order valence-corrected chi connectivity index (χ1v) is 6.88. The second kappa shape index (κ2) is 4.68. The fraction of sp³-hybridized carbons (Fsp3) is 0. The number of fused-ring (bicyclic) bond motifs is 3. The molecule has 22 heavy (non-hydrogen) atoms. The Balaban J connectivity index is 2.11. The largest absolute Gasteiger partial charge is 0.440 e. The van der Waals surface area contributed by atoms with Gasteiger partial charge in [0.25, 0.3) is 0 Å². The molecule has 108 valence electrons. The molecule has 2 aromatic heterocycles. The quantitative estimate of drug-likeness (QED) is 0.535. The Morgan fingerprint density at radius 3 is 2.77 bits per heavy atom. The molecule has 0 bridgehead atoms. The highest BCUT2D eigenvalue weighted by atomic mass is 35.5. The summed E-state index contributed by atoms with van der Waals surface area (Å²) in [5.74, 6) is -1.04. The van der Waals surface area contributed by atoms with Crippen molar-refractivity contribution in [1.29, 1.82) is 0 Å². The van der Waals surface area contributed by atoms with Crippen molar-refractivity contribution in [2.75, 3.05) is 0 Å². The Morgan fingerprint density at radius 2 is 1.95 bits per heavy atom. The molecule has 0 unspecified atom stereocenters. The van der Waals surface area contributed by atoms with Crippen LogP contribution in [0.1, 0.15) is 0 Å². The van der Waals surface area contributed by atoms with Crippen LogP contribution in [0.4, 0.5) is 4.39 Å². The van der Waals surface area contributed by atoms with Crippen LogP contribution >= 0.6 is 11.6 Å². The molecule has 0 atom stereocenters. The van der Waals surface area contributed by atoms with Crippen LogP contribution in [0.5, 0.6) is 0 Å². The molecular formula is C16H8ClFN2O2. The summed E-state index contributed by atoms with van der Waals surface area (Å²) in [7, 11) is 0. The van der Waals surface area contributed by atoms with Crippen LogP contribution in [0.3, 0.4) is 0 Å². The molecule has 0 amide bonds. The Hall–Kier alpha value is -2.66. The van der Waals surface area contributed by atoms with Crippen molar-refractivity contribution in [3.05, 3.63) is 69.9 Å². The number of halogens is 2. The number of hydrogen-bond donors (Lipinski definition) is 0. The molecule has 0 spiro atoms. The minimum absolute atomic E-state index is 0.320. The number of benzene rings is 2. The molecule has 0 radical (unpaired) electrons. The fourth-order valence-electron chi connectivity index (χ4n) is 2.44. The van der Waals surface area contributed by atoms with Crippen molar-refractivity contribution in [3.63, 3.8) is 0 Å². The summed E-state index contributed by atoms with van der Waals surface area (Å²) in [6, 6.07) is 12.8. The van der Waals surface area contributed by atoms with Crippen molar-refractivity contribution < 1.29 is 8.81 Å². The maximum Gasteiger partial charge on any atom is 0.440 e. The van der Waals surface area contributed by atoms with E-state index < -0.39 is 11.6 Å². The third-order valence-electron chi connectivity index (χ3n) is 3.45. The Bertz CT molecular complexity index is 1080. The summed E-state index contributed by atoms with van der Waals surface area (Å²) < 4.78 is 20.2. The second-order valence-electron chi connectivity index (χ2n) is 4.81. The van der Waals surface area contributed by atoms with E-state index in [1.54, 1.807) is 42.5 Å². The zero-order chi connectivity index (χ0) is 15.3. The Kier molecular flexibility index (Phi) is 2.77. The molecule has 0 saturated carbocycles. The topological polar surface area (TPSA) is 47.5 Å². The highest BCUT2D eigenvalue weighted by molar-refractivity contribution is 6.31. The monoisotopic (exact) mass is 314 g/mol. The van der Waals surface area contributed by atoms with Crippen LogP contribution in [-0.4, -0.2) is 9.61 Å². The zero-order valence-electron chi connectivity index (χ0n) is 11.1. The molecule has 4 rings (SSSR count). The number of hydrogen-bond acceptors (Lipinski definition) is 3. The van der Waals surface area contributed by atoms with Crippen LogP contribution in [0.2, 0.25) is 5.02 Å². The van der Waals surface area contributed by atoms with Crippen molar-refractivity contribution in [2.24, 2.45) is 0 Å². The van der Waals surface area contributed by atoms with Gasteiger partial charge in [0.05, 0.1) is 11.2 Å². The summed E-state index contributed by atoms with van der Waals surface area (Å²) in [5, 5.41) is 5.30. The first-order chi connectivity index (χ1) is 10.6. The average Bonchev–Trinajstić information content (AvgIpc) is 2.94. The van der Waals surface area contributed by atoms with Crippen LogP contribution < -0.4 is 5.76 Å². The fourth-order valence-corrected chi connectivity index (χ4v) is 2.61. The van der Waals surface area contributed by atoms with Crippen LogP contribution in [0.15, 0.2) is 57.7 Å². The van der Waals surface area contributed by atoms with Gasteiger partial charge in [-0.3, -0.25) is 0 Å². The molecule has 0 aliphatic heterocycles. The lowest BCUT2D eigenvalue weighted by molar-refractivity contribution is 0.507. The lowest BCUT2D eigenvalue weighted by Gasteiger charge is -1.98. The molecule has 0 fully saturated rings. The summed E-state index contributed by atoms with van der Waals surface area (Å²) >= 11 is 6.00. The summed E-state index contributed by atoms with van der Waals surface area (Å²) in [6.45, 7) is 0. The van der Waals surface area contributed by atoms with Gasteiger partial charge in [-0.25, -0.2) is 9.18 Å². The van der Waals surface area contributed by atoms with E-state index in [1.165, 1.54) is 6.07 Å². The van der Waals surface area contributed by atoms with Gasteiger partial charge in [-0.05, 0) is 36.4 Å². The van der Waals surface area contributed by atoms with Crippen molar-refractivity contribution >= 4 is 28.1 Å². The standard InChI is InChI=1S/C16H8ClFN2O2/c17-9-5-6-15-11(7-9)14-8-13(19-20(14)16(21)22-15)10-3-1-2-4-12(10)18/h1-8H. The van der Waals surface area contributed by atoms with Crippen LogP contribution in [0, 0.1) is 5.82 Å². The lowest BCUT2D eigenvalue weighted by Crippen LogP contribution is -2.12. The SMILES string of the molecule is O=c1oc2ccc(Cl)cc2c2cc(-c3ccccc3F)nn12. The van der Waals surface area contributed by atoms with Crippen molar-refractivity contribution in [3.8, 4) is 11.3 Å². The molecule has 6 heteroatoms. The van der Waals surface area contributed by atoms with E-state index in [1.807, 2.05) is 0 Å². The molecule has 0 saturated heterocycles. The maximum absolute atomic E-state index is 13.9. The zero-order valence-corrected chi connectivity index (χ0v) is 11.8. The summed E-state index contributed by atoms with van der Waals surface area (Å²) in [4.78, 5) is 12.0. The average molecular weight is 315 g/mol. The van der Waals surface area contributed by atoms with Gasteiger partial charge < -0.3 is 4.42 Å². The van der Waals surface area contributed by atoms with Crippen molar-refractivity contribution in [2.45, 2.75) is 0 Å². The normalized spacial score (nSPS) is 11.4. The van der Waals surface area contributed by atoms with Crippen LogP contribution in [-0.2, 0) is 0 Å². The van der Waals surface area contributed by atoms with E-state index in [-0.39, 0.29) is 0 Å². The number of nitrogens with zero attached hydrogens (tertiary/aromatic N) is 2. The summed E-state index contributed by atoms with van der Waals surface area (Å²) in [6.07, 6.45) is 0. The van der Waals surface area contributed by atoms with Gasteiger partial charge in [0.1, 0.15) is 11.4 Å². The smallest absolute Gasteiger partial charge is 0.408 e.